The maximum atomic E-state index is 14.4. The summed E-state index contributed by atoms with van der Waals surface area (Å²) < 4.78 is 0. The predicted octanol–water partition coefficient (Wildman–Crippen LogP) is -1.13. The van der Waals surface area contributed by atoms with Crippen LogP contribution in [0.3, 0.4) is 0 Å². The standard InChI is InChI=1S/C42H63N9O12S/c1-24(2)19-28-39(61)49-29(20-25-12-14-26(52)15-13-25)40(62)51-42(16-5-3-6-17-42)41(63)50-30(21-32(43)53)37(59)45-18-7-4-10-33(54)47-31(36(44)58)22-64-23-34(55)46-27(38(60)48-28)9-8-11-35(56)57/h12-15,24,27-31,52H,3-11,16-23H2,1-2H3,(H2,43,53)(H2,44,58)(H,45,59)(H,46,55)(H,47,54)(H,48,60)(H,49,61)(H,50,63)(H,51,62)(H,56,57)/t27-,28-,29-,30-,31+/m0/s1. The van der Waals surface area contributed by atoms with Crippen LogP contribution in [0.15, 0.2) is 24.3 Å². The zero-order valence-corrected chi connectivity index (χ0v) is 37.2. The third-order valence-electron chi connectivity index (χ3n) is 10.7. The molecule has 1 spiro atoms. The smallest absolute Gasteiger partial charge is 0.303 e. The van der Waals surface area contributed by atoms with Crippen LogP contribution in [0, 0.1) is 5.92 Å². The van der Waals surface area contributed by atoms with Crippen molar-refractivity contribution >= 4 is 70.9 Å². The number of carboxylic acid groups (broad SMARTS) is 1. The molecule has 1 saturated heterocycles. The Morgan fingerprint density at radius 1 is 0.766 bits per heavy atom. The second kappa shape index (κ2) is 26.0. The highest BCUT2D eigenvalue weighted by atomic mass is 32.2. The number of carbonyl (C=O) groups excluding carboxylic acids is 9. The highest BCUT2D eigenvalue weighted by Crippen LogP contribution is 2.29. The number of nitrogens with one attached hydrogen (secondary N) is 7. The number of phenolic OH excluding ortho intramolecular Hbond substituents is 1. The van der Waals surface area contributed by atoms with Gasteiger partial charge in [-0.2, -0.15) is 0 Å². The van der Waals surface area contributed by atoms with Gasteiger partial charge in [0.25, 0.3) is 0 Å². The maximum absolute atomic E-state index is 14.4. The van der Waals surface area contributed by atoms with Crippen LogP contribution in [0.1, 0.15) is 103 Å². The topological polar surface area (TPSA) is 347 Å². The molecule has 0 bridgehead atoms. The van der Waals surface area contributed by atoms with Crippen molar-refractivity contribution in [1.82, 2.24) is 37.2 Å². The lowest BCUT2D eigenvalue weighted by atomic mass is 9.80. The summed E-state index contributed by atoms with van der Waals surface area (Å²) in [5.41, 5.74) is 9.91. The number of aromatic hydroxyl groups is 1. The number of carboxylic acids is 1. The van der Waals surface area contributed by atoms with Gasteiger partial charge in [0.05, 0.1) is 12.2 Å². The Balaban J connectivity index is 2.04. The van der Waals surface area contributed by atoms with E-state index in [4.69, 9.17) is 11.5 Å². The number of hydrogen-bond donors (Lipinski definition) is 11. The number of carbonyl (C=O) groups is 10. The van der Waals surface area contributed by atoms with Crippen LogP contribution in [-0.2, 0) is 54.4 Å². The Morgan fingerprint density at radius 3 is 2.05 bits per heavy atom. The van der Waals surface area contributed by atoms with Gasteiger partial charge < -0.3 is 58.9 Å². The fourth-order valence-corrected chi connectivity index (χ4v) is 8.23. The SMILES string of the molecule is CC(C)C[C@@H]1NC(=O)[C@H](CCCC(=O)O)NC(=O)CSC[C@H](C(N)=O)NC(=O)CCCCNC(=O)[C@H](CC(N)=O)NC(=O)C2(CCCCC2)NC(=O)[C@H](Cc2ccc(O)cc2)NC1=O. The molecule has 21 nitrogen and oxygen atoms in total. The van der Waals surface area contributed by atoms with Crippen molar-refractivity contribution in [2.75, 3.05) is 18.1 Å². The van der Waals surface area contributed by atoms with E-state index < -0.39 is 101 Å². The minimum Gasteiger partial charge on any atom is -0.508 e. The van der Waals surface area contributed by atoms with E-state index >= 15 is 0 Å². The van der Waals surface area contributed by atoms with Crippen LogP contribution >= 0.6 is 11.8 Å². The molecule has 1 aromatic carbocycles. The summed E-state index contributed by atoms with van der Waals surface area (Å²) in [7, 11) is 0. The molecule has 9 amide bonds. The lowest BCUT2D eigenvalue weighted by molar-refractivity contribution is -0.139. The molecule has 13 N–H and O–H groups in total. The van der Waals surface area contributed by atoms with Crippen LogP contribution < -0.4 is 48.7 Å². The Bertz CT molecular complexity index is 1840. The van der Waals surface area contributed by atoms with Crippen molar-refractivity contribution in [2.24, 2.45) is 17.4 Å². The third kappa shape index (κ3) is 18.0. The summed E-state index contributed by atoms with van der Waals surface area (Å²) in [6.07, 6.45) is 1.40. The van der Waals surface area contributed by atoms with Gasteiger partial charge in [0.15, 0.2) is 0 Å². The largest absolute Gasteiger partial charge is 0.508 e. The molecule has 0 radical (unpaired) electrons. The molecule has 2 aliphatic rings. The fourth-order valence-electron chi connectivity index (χ4n) is 7.36. The summed E-state index contributed by atoms with van der Waals surface area (Å²) in [5.74, 6) is -8.58. The van der Waals surface area contributed by atoms with E-state index in [0.29, 0.717) is 18.4 Å². The van der Waals surface area contributed by atoms with Gasteiger partial charge in [-0.05, 0) is 68.6 Å². The summed E-state index contributed by atoms with van der Waals surface area (Å²) >= 11 is 0.940. The monoisotopic (exact) mass is 917 g/mol. The predicted molar refractivity (Wildman–Crippen MR) is 234 cm³/mol. The molecule has 0 aromatic heterocycles. The van der Waals surface area contributed by atoms with Gasteiger partial charge in [0.2, 0.25) is 53.2 Å². The summed E-state index contributed by atoms with van der Waals surface area (Å²) in [6, 6.07) is -0.664. The van der Waals surface area contributed by atoms with Crippen molar-refractivity contribution in [3.8, 4) is 5.75 Å². The molecular weight excluding hydrogens is 855 g/mol. The van der Waals surface area contributed by atoms with Crippen LogP contribution in [0.2, 0.25) is 0 Å². The van der Waals surface area contributed by atoms with E-state index in [1.807, 2.05) is 0 Å². The first-order valence-electron chi connectivity index (χ1n) is 21.5. The molecule has 1 aliphatic carbocycles. The minimum absolute atomic E-state index is 0.0185. The first kappa shape index (κ1) is 52.4. The first-order valence-corrected chi connectivity index (χ1v) is 22.7. The molecule has 1 aliphatic heterocycles. The van der Waals surface area contributed by atoms with E-state index in [-0.39, 0.29) is 93.9 Å². The van der Waals surface area contributed by atoms with Gasteiger partial charge in [-0.1, -0.05) is 45.2 Å². The van der Waals surface area contributed by atoms with Crippen LogP contribution in [0.4, 0.5) is 0 Å². The van der Waals surface area contributed by atoms with E-state index in [1.165, 1.54) is 12.1 Å². The summed E-state index contributed by atoms with van der Waals surface area (Å²) in [6.45, 7) is 3.62. The Hall–Kier alpha value is -5.93. The molecular formula is C42H63N9O12S. The quantitative estimate of drug-likeness (QED) is 0.125. The fraction of sp³-hybridized carbons (Fsp3) is 0.619. The zero-order valence-electron chi connectivity index (χ0n) is 36.3. The summed E-state index contributed by atoms with van der Waals surface area (Å²) in [5, 5.41) is 37.8. The van der Waals surface area contributed by atoms with Crippen LogP contribution in [0.25, 0.3) is 0 Å². The Morgan fingerprint density at radius 2 is 1.42 bits per heavy atom. The van der Waals surface area contributed by atoms with Gasteiger partial charge >= 0.3 is 5.97 Å². The number of primary amides is 2. The molecule has 3 rings (SSSR count). The maximum Gasteiger partial charge on any atom is 0.303 e. The van der Waals surface area contributed by atoms with Crippen molar-refractivity contribution < 1.29 is 58.2 Å². The number of nitrogens with two attached hydrogens (primary N) is 2. The third-order valence-corrected chi connectivity index (χ3v) is 11.8. The second-order valence-electron chi connectivity index (χ2n) is 16.6. The molecule has 1 saturated carbocycles. The van der Waals surface area contributed by atoms with E-state index in [1.54, 1.807) is 26.0 Å². The first-order chi connectivity index (χ1) is 30.3. The number of hydrogen-bond acceptors (Lipinski definition) is 12. The number of benzene rings is 1. The van der Waals surface area contributed by atoms with E-state index in [2.05, 4.69) is 37.2 Å². The Kier molecular flexibility index (Phi) is 21.3. The van der Waals surface area contributed by atoms with Crippen LogP contribution in [-0.4, -0.2) is 123 Å². The molecule has 1 aromatic rings. The molecule has 354 valence electrons. The summed E-state index contributed by atoms with van der Waals surface area (Å²) in [4.78, 5) is 132. The van der Waals surface area contributed by atoms with E-state index in [9.17, 15) is 58.2 Å². The average molecular weight is 918 g/mol. The van der Waals surface area contributed by atoms with Crippen molar-refractivity contribution in [2.45, 2.75) is 139 Å². The van der Waals surface area contributed by atoms with Gasteiger partial charge in [-0.25, -0.2) is 0 Å². The van der Waals surface area contributed by atoms with Gasteiger partial charge in [-0.3, -0.25) is 47.9 Å². The Labute approximate surface area is 375 Å². The average Bonchev–Trinajstić information content (AvgIpc) is 3.22. The molecule has 64 heavy (non-hydrogen) atoms. The number of phenols is 1. The molecule has 1 heterocycles. The second-order valence-corrected chi connectivity index (χ2v) is 17.7. The number of aliphatic carboxylic acids is 1. The van der Waals surface area contributed by atoms with Crippen molar-refractivity contribution in [3.05, 3.63) is 29.8 Å². The van der Waals surface area contributed by atoms with Crippen LogP contribution in [0.5, 0.6) is 5.75 Å². The number of amides is 9. The molecule has 5 atom stereocenters. The molecule has 0 unspecified atom stereocenters. The highest BCUT2D eigenvalue weighted by Gasteiger charge is 2.44. The normalized spacial score (nSPS) is 24.1. The lowest BCUT2D eigenvalue weighted by Gasteiger charge is -2.38. The van der Waals surface area contributed by atoms with Crippen molar-refractivity contribution in [3.63, 3.8) is 0 Å². The minimum atomic E-state index is -1.59. The lowest BCUT2D eigenvalue weighted by Crippen LogP contribution is -2.66. The number of rotatable bonds is 11. The zero-order chi connectivity index (χ0) is 47.4. The molecule has 2 fully saturated rings. The van der Waals surface area contributed by atoms with Gasteiger partial charge in [0, 0.05) is 31.6 Å². The van der Waals surface area contributed by atoms with Gasteiger partial charge in [0.1, 0.15) is 41.5 Å². The van der Waals surface area contributed by atoms with E-state index in [0.717, 1.165) is 18.2 Å². The highest BCUT2D eigenvalue weighted by molar-refractivity contribution is 8.00. The molecule has 22 heteroatoms. The van der Waals surface area contributed by atoms with Crippen molar-refractivity contribution in [1.29, 1.82) is 0 Å². The van der Waals surface area contributed by atoms with Gasteiger partial charge in [-0.15, -0.1) is 11.8 Å². The number of thioether (sulfide) groups is 1.